The number of ketones is 2. The van der Waals surface area contributed by atoms with E-state index in [1.807, 2.05) is 135 Å². The van der Waals surface area contributed by atoms with Crippen molar-refractivity contribution in [1.29, 1.82) is 0 Å². The van der Waals surface area contributed by atoms with E-state index in [2.05, 4.69) is 28.2 Å². The fourth-order valence-corrected chi connectivity index (χ4v) is 11.4. The van der Waals surface area contributed by atoms with Gasteiger partial charge in [-0.1, -0.05) is 212 Å². The summed E-state index contributed by atoms with van der Waals surface area (Å²) in [5.74, 6) is -5.15. The Balaban J connectivity index is 1.17. The summed E-state index contributed by atoms with van der Waals surface area (Å²) in [5.41, 5.74) is 5.95. The molecule has 5 aromatic carbocycles. The number of nitrogens with zero attached hydrogens (tertiary/aromatic N) is 1. The maximum atomic E-state index is 14.7. The van der Waals surface area contributed by atoms with Crippen molar-refractivity contribution < 1.29 is 43.1 Å². The number of rotatable bonds is 29. The molecule has 0 aromatic heterocycles. The normalized spacial score (nSPS) is 16.0. The molecule has 0 spiro atoms. The van der Waals surface area contributed by atoms with Crippen LogP contribution in [0.3, 0.4) is 0 Å². The number of esters is 1. The lowest BCUT2D eigenvalue weighted by Crippen LogP contribution is -2.54. The Morgan fingerprint density at radius 3 is 1.68 bits per heavy atom. The van der Waals surface area contributed by atoms with Gasteiger partial charge in [-0.25, -0.2) is 4.79 Å². The van der Waals surface area contributed by atoms with Crippen molar-refractivity contribution in [2.75, 3.05) is 14.2 Å². The van der Waals surface area contributed by atoms with Gasteiger partial charge in [0.1, 0.15) is 23.7 Å². The lowest BCUT2D eigenvalue weighted by Gasteiger charge is -2.37. The van der Waals surface area contributed by atoms with E-state index < -0.39 is 89.1 Å². The van der Waals surface area contributed by atoms with Crippen LogP contribution in [0.1, 0.15) is 181 Å². The van der Waals surface area contributed by atoms with Crippen LogP contribution in [0.2, 0.25) is 0 Å². The zero-order valence-electron chi connectivity index (χ0n) is 50.6. The van der Waals surface area contributed by atoms with Crippen molar-refractivity contribution in [2.24, 2.45) is 5.92 Å². The minimum absolute atomic E-state index is 0.150. The molecule has 5 aromatic rings. The molecule has 0 saturated carbocycles. The number of hydrogen-bond acceptors (Lipinski definition) is 9. The zero-order chi connectivity index (χ0) is 60.6. The number of aryl methyl sites for hydroxylation is 2. The third-order valence-corrected chi connectivity index (χ3v) is 16.4. The maximum Gasteiger partial charge on any atom is 0.328 e. The summed E-state index contributed by atoms with van der Waals surface area (Å²) in [4.78, 5) is 114. The van der Waals surface area contributed by atoms with Crippen LogP contribution in [-0.4, -0.2) is 84.3 Å². The number of amides is 5. The molecule has 1 heterocycles. The number of methoxy groups -OCH3 is 1. The Kier molecular flexibility index (Phi) is 25.6. The number of Topliss-reactive ketones (excluding diaryl/α,β-unsaturated/α-hetero) is 2. The summed E-state index contributed by atoms with van der Waals surface area (Å²) in [6.45, 7) is 9.22. The first-order valence-corrected chi connectivity index (χ1v) is 30.4. The van der Waals surface area contributed by atoms with Crippen LogP contribution in [0, 0.1) is 19.8 Å². The highest BCUT2D eigenvalue weighted by Crippen LogP contribution is 2.38. The van der Waals surface area contributed by atoms with Gasteiger partial charge in [0.25, 0.3) is 0 Å². The second kappa shape index (κ2) is 32.9. The summed E-state index contributed by atoms with van der Waals surface area (Å²) in [6, 6.07) is 35.3. The van der Waals surface area contributed by atoms with Crippen LogP contribution >= 0.6 is 0 Å². The Labute approximate surface area is 498 Å². The zero-order valence-corrected chi connectivity index (χ0v) is 50.6. The molecule has 0 radical (unpaired) electrons. The van der Waals surface area contributed by atoms with Crippen LogP contribution in [0.15, 0.2) is 127 Å². The van der Waals surface area contributed by atoms with Crippen molar-refractivity contribution >= 4 is 47.1 Å². The molecule has 14 nitrogen and oxygen atoms in total. The first-order valence-electron chi connectivity index (χ1n) is 30.4. The summed E-state index contributed by atoms with van der Waals surface area (Å²) in [7, 11) is 2.74. The van der Waals surface area contributed by atoms with Crippen LogP contribution in [0.25, 0.3) is 11.1 Å². The highest BCUT2D eigenvalue weighted by Gasteiger charge is 2.40. The van der Waals surface area contributed by atoms with E-state index in [-0.39, 0.29) is 32.1 Å². The molecule has 0 fully saturated rings. The van der Waals surface area contributed by atoms with Crippen molar-refractivity contribution in [3.05, 3.63) is 166 Å². The van der Waals surface area contributed by atoms with Gasteiger partial charge >= 0.3 is 5.97 Å². The first-order chi connectivity index (χ1) is 40.5. The minimum atomic E-state index is -1.37. The van der Waals surface area contributed by atoms with E-state index in [0.29, 0.717) is 12.0 Å². The number of unbranched alkanes of at least 4 members (excludes halogenated alkanes) is 12. The molecule has 5 amide bonds. The highest BCUT2D eigenvalue weighted by atomic mass is 16.5. The molecule has 1 aliphatic rings. The van der Waals surface area contributed by atoms with Crippen molar-refractivity contribution in [3.8, 4) is 11.1 Å². The summed E-state index contributed by atoms with van der Waals surface area (Å²) in [6.07, 6.45) is 13.9. The first kappa shape index (κ1) is 65.4. The van der Waals surface area contributed by atoms with E-state index in [1.165, 1.54) is 77.3 Å². The average molecular weight is 1140 g/mol. The number of carbonyl (C=O) groups excluding carboxylic acids is 8. The lowest BCUT2D eigenvalue weighted by atomic mass is 9.77. The maximum absolute atomic E-state index is 14.7. The molecular formula is C70H89N5O9. The third kappa shape index (κ3) is 18.4. The Morgan fingerprint density at radius 2 is 1.14 bits per heavy atom. The standard InChI is InChI=1S/C70H89N5O9/c1-8-9-10-11-12-13-14-15-16-17-18-19-29-36-63(78)72-59(47-64(79)74-70(54-30-23-20-24-31-54,55-32-25-21-26-33-55)56-34-27-22-28-35-56)68(82)71-51(5)61(76)41-42-65(80)75(6)66-53-40-38-49(3)58(46-53)57-44-52(39-37-48(57)2)45-60(69(83)84-7)73-67(81)50(4)43-62(66)77/h20-28,30-35,37-40,44,46,50-51,59-60,66H,8-19,29,36,41-43,45,47H2,1-7H3,(H,71,82)(H,72,78)(H,73,81)(H,74,79)/t50-,51-,59-,60+,66+/m1/s1. The van der Waals surface area contributed by atoms with Gasteiger partial charge in [-0.3, -0.25) is 33.6 Å². The molecular weight excluding hydrogens is 1050 g/mol. The second-order valence-corrected chi connectivity index (χ2v) is 22.9. The van der Waals surface area contributed by atoms with Crippen molar-refractivity contribution in [3.63, 3.8) is 0 Å². The van der Waals surface area contributed by atoms with Crippen LogP contribution in [0.4, 0.5) is 0 Å². The molecule has 5 atom stereocenters. The van der Waals surface area contributed by atoms with Gasteiger partial charge in [-0.2, -0.15) is 0 Å². The largest absolute Gasteiger partial charge is 0.467 e. The number of fused-ring (bicyclic) bond motifs is 5. The van der Waals surface area contributed by atoms with Crippen LogP contribution < -0.4 is 21.3 Å². The van der Waals surface area contributed by atoms with Gasteiger partial charge in [0.2, 0.25) is 29.5 Å². The summed E-state index contributed by atoms with van der Waals surface area (Å²) >= 11 is 0. The molecule has 4 N–H and O–H groups in total. The monoisotopic (exact) mass is 1140 g/mol. The van der Waals surface area contributed by atoms with Crippen molar-refractivity contribution in [2.45, 2.75) is 186 Å². The molecule has 6 rings (SSSR count). The fourth-order valence-electron chi connectivity index (χ4n) is 11.4. The number of carbonyl (C=O) groups is 8. The van der Waals surface area contributed by atoms with Crippen LogP contribution in [-0.2, 0) is 55.1 Å². The Hall–Kier alpha value is -7.74. The van der Waals surface area contributed by atoms with E-state index in [4.69, 9.17) is 4.74 Å². The molecule has 14 heteroatoms. The number of likely N-dealkylation sites (N-methyl/N-ethyl adjacent to an activating group) is 1. The molecule has 1 aliphatic heterocycles. The Morgan fingerprint density at radius 1 is 0.631 bits per heavy atom. The van der Waals surface area contributed by atoms with E-state index in [1.54, 1.807) is 13.0 Å². The highest BCUT2D eigenvalue weighted by molar-refractivity contribution is 5.98. The van der Waals surface area contributed by atoms with E-state index in [9.17, 15) is 38.4 Å². The van der Waals surface area contributed by atoms with Gasteiger partial charge in [0.15, 0.2) is 11.6 Å². The number of benzene rings is 5. The second-order valence-electron chi connectivity index (χ2n) is 22.9. The predicted molar refractivity (Wildman–Crippen MR) is 329 cm³/mol. The quantitative estimate of drug-likeness (QED) is 0.0204. The fraction of sp³-hybridized carbons (Fsp3) is 0.457. The Bertz CT molecular complexity index is 2900. The number of ether oxygens (including phenoxy) is 1. The lowest BCUT2D eigenvalue weighted by molar-refractivity contribution is -0.145. The summed E-state index contributed by atoms with van der Waals surface area (Å²) in [5, 5.41) is 11.7. The summed E-state index contributed by atoms with van der Waals surface area (Å²) < 4.78 is 5.05. The molecule has 84 heavy (non-hydrogen) atoms. The van der Waals surface area contributed by atoms with Crippen LogP contribution in [0.5, 0.6) is 0 Å². The number of hydrogen-bond donors (Lipinski definition) is 4. The molecule has 0 saturated heterocycles. The topological polar surface area (TPSA) is 197 Å². The third-order valence-electron chi connectivity index (χ3n) is 16.4. The van der Waals surface area contributed by atoms with E-state index >= 15 is 0 Å². The van der Waals surface area contributed by atoms with Gasteiger partial charge < -0.3 is 30.9 Å². The minimum Gasteiger partial charge on any atom is -0.467 e. The predicted octanol–water partition coefficient (Wildman–Crippen LogP) is 11.6. The van der Waals surface area contributed by atoms with Gasteiger partial charge in [-0.15, -0.1) is 0 Å². The SMILES string of the molecule is CCCCCCCCCCCCCCCC(=O)N[C@H](CC(=O)NC(c1ccccc1)(c1ccccc1)c1ccccc1)C(=O)N[C@H](C)C(=O)CCC(=O)N(C)[C@@H]1C(=O)C[C@@H](C)C(=O)N[C@H](C(=O)OC)Cc2ccc(C)c(c2)-c2cc1ccc2C. The average Bonchev–Trinajstić information content (AvgIpc) is 1.46. The number of nitrogens with one attached hydrogen (secondary N) is 4. The van der Waals surface area contributed by atoms with Gasteiger partial charge in [-0.05, 0) is 83.3 Å². The molecule has 448 valence electrons. The van der Waals surface area contributed by atoms with Crippen molar-refractivity contribution in [1.82, 2.24) is 26.2 Å². The van der Waals surface area contributed by atoms with Gasteiger partial charge in [0, 0.05) is 45.1 Å². The molecule has 0 unspecified atom stereocenters. The molecule has 0 aliphatic carbocycles. The molecule has 4 bridgehead atoms. The van der Waals surface area contributed by atoms with Gasteiger partial charge in [0.05, 0.1) is 19.6 Å². The smallest absolute Gasteiger partial charge is 0.328 e. The van der Waals surface area contributed by atoms with E-state index in [0.717, 1.165) is 70.2 Å².